The number of carbonyl (C=O) groups is 2. The van der Waals surface area contributed by atoms with Crippen LogP contribution in [0.15, 0.2) is 24.5 Å². The molecule has 19 heavy (non-hydrogen) atoms. The molecule has 96 valence electrons. The van der Waals surface area contributed by atoms with Crippen LogP contribution in [0.3, 0.4) is 0 Å². The summed E-state index contributed by atoms with van der Waals surface area (Å²) in [4.78, 5) is 25.7. The molecule has 0 amide bonds. The molecule has 0 aliphatic carbocycles. The zero-order valence-corrected chi connectivity index (χ0v) is 9.53. The van der Waals surface area contributed by atoms with E-state index in [4.69, 9.17) is 14.9 Å². The van der Waals surface area contributed by atoms with Gasteiger partial charge >= 0.3 is 11.9 Å². The van der Waals surface area contributed by atoms with Crippen LogP contribution in [0.5, 0.6) is 5.75 Å². The van der Waals surface area contributed by atoms with E-state index in [9.17, 15) is 9.59 Å². The lowest BCUT2D eigenvalue weighted by molar-refractivity contribution is 0.0681. The number of rotatable bonds is 2. The molecule has 0 unspecified atom stereocenters. The van der Waals surface area contributed by atoms with Gasteiger partial charge in [0.15, 0.2) is 5.69 Å². The third kappa shape index (κ3) is 1.63. The molecule has 0 radical (unpaired) electrons. The van der Waals surface area contributed by atoms with Crippen molar-refractivity contribution in [3.8, 4) is 11.4 Å². The van der Waals surface area contributed by atoms with E-state index in [0.29, 0.717) is 17.1 Å². The number of aromatic nitrogens is 2. The maximum Gasteiger partial charge on any atom is 0.356 e. The summed E-state index contributed by atoms with van der Waals surface area (Å²) in [6, 6.07) is 4.40. The van der Waals surface area contributed by atoms with Crippen LogP contribution in [0.2, 0.25) is 0 Å². The molecule has 3 rings (SSSR count). The highest BCUT2D eigenvalue weighted by molar-refractivity contribution is 5.89. The predicted molar refractivity (Wildman–Crippen MR) is 61.8 cm³/mol. The number of carboxylic acid groups (broad SMARTS) is 2. The molecular formula is C12H8N2O5. The fraction of sp³-hybridized carbons (Fsp3) is 0.0833. The minimum atomic E-state index is -1.12. The number of carboxylic acids is 2. The molecule has 1 aromatic heterocycles. The monoisotopic (exact) mass is 260 g/mol. The van der Waals surface area contributed by atoms with Gasteiger partial charge in [0.2, 0.25) is 0 Å². The van der Waals surface area contributed by atoms with Crippen molar-refractivity contribution in [2.75, 3.05) is 0 Å². The molecule has 7 heteroatoms. The van der Waals surface area contributed by atoms with Gasteiger partial charge in [-0.2, -0.15) is 0 Å². The summed E-state index contributed by atoms with van der Waals surface area (Å²) in [6.45, 7) is 0.0394. The molecule has 2 aromatic rings. The first-order valence-corrected chi connectivity index (χ1v) is 5.38. The molecule has 0 atom stereocenters. The van der Waals surface area contributed by atoms with E-state index in [1.165, 1.54) is 18.5 Å². The lowest BCUT2D eigenvalue weighted by Crippen LogP contribution is -2.15. The minimum Gasteiger partial charge on any atom is -0.485 e. The van der Waals surface area contributed by atoms with Gasteiger partial charge in [-0.3, -0.25) is 4.57 Å². The number of fused-ring (bicyclic) bond motifs is 3. The lowest BCUT2D eigenvalue weighted by Gasteiger charge is -2.20. The summed E-state index contributed by atoms with van der Waals surface area (Å²) >= 11 is 0. The molecule has 0 bridgehead atoms. The van der Waals surface area contributed by atoms with Crippen molar-refractivity contribution < 1.29 is 24.5 Å². The third-order valence-electron chi connectivity index (χ3n) is 2.90. The molecule has 0 spiro atoms. The summed E-state index contributed by atoms with van der Waals surface area (Å²) in [5.74, 6) is -1.78. The van der Waals surface area contributed by atoms with Crippen LogP contribution >= 0.6 is 0 Å². The Labute approximate surface area is 106 Å². The van der Waals surface area contributed by atoms with E-state index in [-0.39, 0.29) is 17.9 Å². The summed E-state index contributed by atoms with van der Waals surface area (Å²) in [5.41, 5.74) is 1.06. The maximum atomic E-state index is 11.0. The normalized spacial score (nSPS) is 12.2. The lowest BCUT2D eigenvalue weighted by atomic mass is 10.1. The van der Waals surface area contributed by atoms with Crippen molar-refractivity contribution in [2.45, 2.75) is 6.61 Å². The summed E-state index contributed by atoms with van der Waals surface area (Å²) < 4.78 is 6.99. The molecule has 0 saturated carbocycles. The van der Waals surface area contributed by atoms with Crippen molar-refractivity contribution in [3.05, 3.63) is 41.5 Å². The molecule has 2 N–H and O–H groups in total. The van der Waals surface area contributed by atoms with Crippen molar-refractivity contribution in [1.82, 2.24) is 9.55 Å². The molecule has 1 aliphatic rings. The molecule has 2 heterocycles. The number of hydrogen-bond donors (Lipinski definition) is 2. The standard InChI is InChI=1S/C12H8N2O5/c15-11(16)6-1-2-7-9(3-6)19-4-8-10(12(17)18)13-5-14(7)8/h1-3,5H,4H2,(H,15,16)(H,17,18). The first-order valence-electron chi connectivity index (χ1n) is 5.38. The number of imidazole rings is 1. The van der Waals surface area contributed by atoms with Crippen molar-refractivity contribution in [3.63, 3.8) is 0 Å². The topological polar surface area (TPSA) is 102 Å². The summed E-state index contributed by atoms with van der Waals surface area (Å²) in [6.07, 6.45) is 1.39. The minimum absolute atomic E-state index is 0.0394. The number of ether oxygens (including phenoxy) is 1. The van der Waals surface area contributed by atoms with Crippen LogP contribution in [0.4, 0.5) is 0 Å². The van der Waals surface area contributed by atoms with Gasteiger partial charge in [0.25, 0.3) is 0 Å². The molecule has 7 nitrogen and oxygen atoms in total. The first kappa shape index (κ1) is 11.3. The van der Waals surface area contributed by atoms with E-state index < -0.39 is 11.9 Å². The number of benzene rings is 1. The summed E-state index contributed by atoms with van der Waals surface area (Å²) in [7, 11) is 0. The van der Waals surface area contributed by atoms with Crippen LogP contribution in [0.1, 0.15) is 26.5 Å². The Morgan fingerprint density at radius 2 is 2.05 bits per heavy atom. The SMILES string of the molecule is O=C(O)c1ccc2c(c1)OCc1c(C(=O)O)ncn1-2. The van der Waals surface area contributed by atoms with Gasteiger partial charge < -0.3 is 14.9 Å². The van der Waals surface area contributed by atoms with Crippen LogP contribution in [0.25, 0.3) is 5.69 Å². The quantitative estimate of drug-likeness (QED) is 0.840. The Balaban J connectivity index is 2.15. The van der Waals surface area contributed by atoms with E-state index in [1.54, 1.807) is 10.6 Å². The average molecular weight is 260 g/mol. The van der Waals surface area contributed by atoms with E-state index in [0.717, 1.165) is 0 Å². The molecule has 0 saturated heterocycles. The van der Waals surface area contributed by atoms with Crippen LogP contribution < -0.4 is 4.74 Å². The maximum absolute atomic E-state index is 11.0. The fourth-order valence-electron chi connectivity index (χ4n) is 2.01. The Bertz CT molecular complexity index is 704. The van der Waals surface area contributed by atoms with Gasteiger partial charge in [0, 0.05) is 0 Å². The third-order valence-corrected chi connectivity index (χ3v) is 2.90. The van der Waals surface area contributed by atoms with Gasteiger partial charge in [-0.05, 0) is 18.2 Å². The molecule has 1 aliphatic heterocycles. The number of nitrogens with zero attached hydrogens (tertiary/aromatic N) is 2. The second-order valence-corrected chi connectivity index (χ2v) is 3.99. The zero-order valence-electron chi connectivity index (χ0n) is 9.53. The van der Waals surface area contributed by atoms with Crippen LogP contribution in [-0.4, -0.2) is 31.7 Å². The largest absolute Gasteiger partial charge is 0.485 e. The molecule has 1 aromatic carbocycles. The zero-order chi connectivity index (χ0) is 13.6. The second-order valence-electron chi connectivity index (χ2n) is 3.99. The fourth-order valence-corrected chi connectivity index (χ4v) is 2.01. The Hall–Kier alpha value is -2.83. The predicted octanol–water partition coefficient (Wildman–Crippen LogP) is 1.16. The van der Waals surface area contributed by atoms with Gasteiger partial charge in [-0.1, -0.05) is 0 Å². The van der Waals surface area contributed by atoms with Crippen LogP contribution in [-0.2, 0) is 6.61 Å². The Morgan fingerprint density at radius 1 is 1.26 bits per heavy atom. The van der Waals surface area contributed by atoms with Crippen LogP contribution in [0, 0.1) is 0 Å². The average Bonchev–Trinajstić information content (AvgIpc) is 2.82. The van der Waals surface area contributed by atoms with Gasteiger partial charge in [0.05, 0.1) is 16.9 Å². The van der Waals surface area contributed by atoms with Gasteiger partial charge in [-0.15, -0.1) is 0 Å². The highest BCUT2D eigenvalue weighted by Crippen LogP contribution is 2.31. The van der Waals surface area contributed by atoms with Crippen molar-refractivity contribution >= 4 is 11.9 Å². The van der Waals surface area contributed by atoms with E-state index in [2.05, 4.69) is 4.98 Å². The van der Waals surface area contributed by atoms with E-state index in [1.807, 2.05) is 0 Å². The summed E-state index contributed by atoms with van der Waals surface area (Å²) in [5, 5.41) is 17.9. The highest BCUT2D eigenvalue weighted by atomic mass is 16.5. The van der Waals surface area contributed by atoms with Crippen molar-refractivity contribution in [1.29, 1.82) is 0 Å². The smallest absolute Gasteiger partial charge is 0.356 e. The molecule has 0 fully saturated rings. The van der Waals surface area contributed by atoms with E-state index >= 15 is 0 Å². The number of aromatic carboxylic acids is 2. The Morgan fingerprint density at radius 3 is 2.74 bits per heavy atom. The Kier molecular flexibility index (Phi) is 2.28. The second kappa shape index (κ2) is 3.84. The number of hydrogen-bond acceptors (Lipinski definition) is 4. The van der Waals surface area contributed by atoms with Gasteiger partial charge in [-0.25, -0.2) is 14.6 Å². The molecular weight excluding hydrogens is 252 g/mol. The van der Waals surface area contributed by atoms with Crippen molar-refractivity contribution in [2.24, 2.45) is 0 Å². The van der Waals surface area contributed by atoms with Gasteiger partial charge in [0.1, 0.15) is 18.7 Å². The first-order chi connectivity index (χ1) is 9.08. The highest BCUT2D eigenvalue weighted by Gasteiger charge is 2.24.